The normalized spacial score (nSPS) is 31.2. The molecule has 0 radical (unpaired) electrons. The second-order valence-electron chi connectivity index (χ2n) is 8.99. The minimum Gasteiger partial charge on any atom is -0.458 e. The number of rotatable bonds is 3. The zero-order valence-corrected chi connectivity index (χ0v) is 17.9. The quantitative estimate of drug-likeness (QED) is 0.343. The molecule has 32 heavy (non-hydrogen) atoms. The van der Waals surface area contributed by atoms with E-state index in [1.54, 1.807) is 24.3 Å². The molecule has 166 valence electrons. The van der Waals surface area contributed by atoms with Crippen molar-refractivity contribution in [3.05, 3.63) is 70.1 Å². The molecule has 3 aliphatic rings. The third kappa shape index (κ3) is 3.77. The van der Waals surface area contributed by atoms with Crippen LogP contribution >= 0.6 is 0 Å². The maximum absolute atomic E-state index is 12.6. The van der Waals surface area contributed by atoms with Gasteiger partial charge in [-0.2, -0.15) is 0 Å². The van der Waals surface area contributed by atoms with E-state index in [-0.39, 0.29) is 41.9 Å². The lowest BCUT2D eigenvalue weighted by Gasteiger charge is -2.20. The lowest BCUT2D eigenvalue weighted by atomic mass is 9.84. The van der Waals surface area contributed by atoms with Crippen molar-refractivity contribution in [3.63, 3.8) is 0 Å². The summed E-state index contributed by atoms with van der Waals surface area (Å²) < 4.78 is 17.1. The number of benzene rings is 1. The molecule has 2 saturated heterocycles. The van der Waals surface area contributed by atoms with Gasteiger partial charge in [-0.1, -0.05) is 12.7 Å². The Bertz CT molecular complexity index is 1210. The van der Waals surface area contributed by atoms with Crippen molar-refractivity contribution in [3.8, 4) is 0 Å². The van der Waals surface area contributed by atoms with Crippen LogP contribution in [-0.4, -0.2) is 41.3 Å². The van der Waals surface area contributed by atoms with Gasteiger partial charge in [0, 0.05) is 23.1 Å². The molecule has 3 heterocycles. The van der Waals surface area contributed by atoms with Gasteiger partial charge in [0.25, 0.3) is 0 Å². The molecule has 1 aromatic carbocycles. The summed E-state index contributed by atoms with van der Waals surface area (Å²) in [6.07, 6.45) is 4.74. The topological polar surface area (TPSA) is 98.0 Å². The maximum Gasteiger partial charge on any atom is 0.338 e. The van der Waals surface area contributed by atoms with Crippen molar-refractivity contribution in [2.45, 2.75) is 50.4 Å². The lowest BCUT2D eigenvalue weighted by Crippen LogP contribution is -2.29. The molecule has 2 aliphatic heterocycles. The molecular formula is C25H25NO6. The van der Waals surface area contributed by atoms with E-state index in [0.717, 1.165) is 23.8 Å². The third-order valence-electron chi connectivity index (χ3n) is 6.79. The third-order valence-corrected chi connectivity index (χ3v) is 6.79. The second kappa shape index (κ2) is 7.74. The van der Waals surface area contributed by atoms with Crippen molar-refractivity contribution >= 4 is 22.8 Å². The fourth-order valence-electron chi connectivity index (χ4n) is 4.77. The van der Waals surface area contributed by atoms with Gasteiger partial charge in [0.1, 0.15) is 18.8 Å². The Balaban J connectivity index is 1.28. The molecule has 0 unspecified atom stereocenters. The van der Waals surface area contributed by atoms with Gasteiger partial charge < -0.3 is 19.2 Å². The number of allylic oxidation sites excluding steroid dienone is 1. The molecule has 0 bridgehead atoms. The molecule has 4 atom stereocenters. The summed E-state index contributed by atoms with van der Waals surface area (Å²) in [4.78, 5) is 38.9. The molecule has 7 nitrogen and oxygen atoms in total. The highest BCUT2D eigenvalue weighted by molar-refractivity contribution is 5.94. The van der Waals surface area contributed by atoms with Crippen LogP contribution in [-0.2, 0) is 19.0 Å². The van der Waals surface area contributed by atoms with Crippen LogP contribution in [0, 0.1) is 5.92 Å². The van der Waals surface area contributed by atoms with Crippen molar-refractivity contribution in [1.82, 2.24) is 4.98 Å². The van der Waals surface area contributed by atoms with E-state index >= 15 is 0 Å². The van der Waals surface area contributed by atoms with E-state index in [4.69, 9.17) is 14.2 Å². The summed E-state index contributed by atoms with van der Waals surface area (Å²) in [5, 5.41) is 0.764. The summed E-state index contributed by atoms with van der Waals surface area (Å²) in [6, 6.07) is 8.15. The number of hydrogen-bond acceptors (Lipinski definition) is 6. The number of ether oxygens (including phenoxy) is 3. The summed E-state index contributed by atoms with van der Waals surface area (Å²) in [6.45, 7) is 6.16. The van der Waals surface area contributed by atoms with Crippen molar-refractivity contribution in [2.24, 2.45) is 5.92 Å². The molecule has 2 fully saturated rings. The molecule has 5 rings (SSSR count). The number of carbonyl (C=O) groups excluding carboxylic acids is 2. The fourth-order valence-corrected chi connectivity index (χ4v) is 4.77. The highest BCUT2D eigenvalue weighted by Gasteiger charge is 2.61. The largest absolute Gasteiger partial charge is 0.458 e. The van der Waals surface area contributed by atoms with E-state index in [1.165, 1.54) is 6.07 Å². The first-order valence-corrected chi connectivity index (χ1v) is 10.9. The van der Waals surface area contributed by atoms with Crippen LogP contribution < -0.4 is 5.56 Å². The molecular weight excluding hydrogens is 410 g/mol. The van der Waals surface area contributed by atoms with Crippen molar-refractivity contribution < 1.29 is 23.8 Å². The number of pyridine rings is 1. The Kier molecular flexibility index (Phi) is 5.01. The first-order chi connectivity index (χ1) is 15.3. The Hall–Kier alpha value is -3.19. The fraction of sp³-hybridized carbons (Fsp3) is 0.400. The smallest absolute Gasteiger partial charge is 0.338 e. The first kappa shape index (κ1) is 20.7. The molecule has 1 aromatic heterocycles. The average molecular weight is 435 g/mol. The van der Waals surface area contributed by atoms with E-state index in [0.29, 0.717) is 29.5 Å². The predicted molar refractivity (Wildman–Crippen MR) is 117 cm³/mol. The minimum atomic E-state index is -0.421. The summed E-state index contributed by atoms with van der Waals surface area (Å²) in [5.41, 5.74) is 2.12. The molecule has 2 aromatic rings. The number of H-pyrrole nitrogens is 1. The van der Waals surface area contributed by atoms with Crippen LogP contribution in [0.2, 0.25) is 0 Å². The van der Waals surface area contributed by atoms with E-state index < -0.39 is 5.97 Å². The number of nitrogens with one attached hydrogen (secondary N) is 1. The summed E-state index contributed by atoms with van der Waals surface area (Å²) in [7, 11) is 0. The zero-order chi connectivity index (χ0) is 22.5. The predicted octanol–water partition coefficient (Wildman–Crippen LogP) is 3.44. The van der Waals surface area contributed by atoms with Crippen LogP contribution in [0.3, 0.4) is 0 Å². The monoisotopic (exact) mass is 435 g/mol. The Labute approximate surface area is 185 Å². The number of epoxide rings is 1. The molecule has 1 aliphatic carbocycles. The van der Waals surface area contributed by atoms with Gasteiger partial charge in [-0.15, -0.1) is 0 Å². The van der Waals surface area contributed by atoms with Gasteiger partial charge in [0.05, 0.1) is 11.2 Å². The van der Waals surface area contributed by atoms with Gasteiger partial charge in [-0.25, -0.2) is 9.59 Å². The standard InChI is InChI=1S/C25H25NO6/c1-14-18-8-5-15(4-3-11-25(2)22(32-25)21(18)31-23(14)28)13-30-24(29)17-6-9-19-16(12-17)7-10-20(27)26-19/h4,6-7,9-10,12,18,21-22H,1,3,5,8,11,13H2,2H3,(H,26,27)/b15-4+/t18-,21-,22-,25+/m0/s1. The maximum atomic E-state index is 12.6. The van der Waals surface area contributed by atoms with E-state index in [1.807, 2.05) is 6.92 Å². The summed E-state index contributed by atoms with van der Waals surface area (Å²) >= 11 is 0. The molecule has 0 amide bonds. The average Bonchev–Trinajstić information content (AvgIpc) is 3.37. The van der Waals surface area contributed by atoms with Gasteiger partial charge >= 0.3 is 11.9 Å². The molecule has 7 heteroatoms. The molecule has 1 N–H and O–H groups in total. The molecule has 0 spiro atoms. The number of carbonyl (C=O) groups is 2. The van der Waals surface area contributed by atoms with Gasteiger partial charge in [0.15, 0.2) is 0 Å². The Morgan fingerprint density at radius 2 is 2.12 bits per heavy atom. The second-order valence-corrected chi connectivity index (χ2v) is 8.99. The number of hydrogen-bond donors (Lipinski definition) is 1. The van der Waals surface area contributed by atoms with Gasteiger partial charge in [-0.3, -0.25) is 4.79 Å². The lowest BCUT2D eigenvalue weighted by molar-refractivity contribution is -0.140. The van der Waals surface area contributed by atoms with Gasteiger partial charge in [-0.05, 0) is 67.8 Å². The highest BCUT2D eigenvalue weighted by atomic mass is 16.6. The molecule has 0 saturated carbocycles. The number of aromatic amines is 1. The number of esters is 2. The minimum absolute atomic E-state index is 0.0775. The van der Waals surface area contributed by atoms with E-state index in [9.17, 15) is 14.4 Å². The van der Waals surface area contributed by atoms with Crippen LogP contribution in [0.1, 0.15) is 43.0 Å². The first-order valence-electron chi connectivity index (χ1n) is 10.9. The van der Waals surface area contributed by atoms with Crippen molar-refractivity contribution in [2.75, 3.05) is 6.61 Å². The number of aromatic nitrogens is 1. The van der Waals surface area contributed by atoms with Crippen LogP contribution in [0.25, 0.3) is 10.9 Å². The van der Waals surface area contributed by atoms with Crippen LogP contribution in [0.15, 0.2) is 58.9 Å². The summed E-state index contributed by atoms with van der Waals surface area (Å²) in [5.74, 6) is -0.851. The zero-order valence-electron chi connectivity index (χ0n) is 17.9. The van der Waals surface area contributed by atoms with Crippen LogP contribution in [0.5, 0.6) is 0 Å². The number of fused-ring (bicyclic) bond motifs is 4. The van der Waals surface area contributed by atoms with Crippen LogP contribution in [0.4, 0.5) is 0 Å². The van der Waals surface area contributed by atoms with Gasteiger partial charge in [0.2, 0.25) is 5.56 Å². The van der Waals surface area contributed by atoms with Crippen molar-refractivity contribution in [1.29, 1.82) is 0 Å². The SMILES string of the molecule is C=C1C(=O)O[C@H]2[C@H]1CC/C(COC(=O)c1ccc3[nH]c(=O)ccc3c1)=C\CC[C@@]1(C)O[C@@H]21. The Morgan fingerprint density at radius 3 is 2.97 bits per heavy atom. The Morgan fingerprint density at radius 1 is 1.28 bits per heavy atom. The van der Waals surface area contributed by atoms with E-state index in [2.05, 4.69) is 17.6 Å². The highest BCUT2D eigenvalue weighted by Crippen LogP contribution is 2.49.